The number of piperidine rings is 1. The van der Waals surface area contributed by atoms with Crippen molar-refractivity contribution in [2.45, 2.75) is 39.2 Å². The fourth-order valence-electron chi connectivity index (χ4n) is 2.84. The van der Waals surface area contributed by atoms with Gasteiger partial charge in [-0.15, -0.1) is 0 Å². The summed E-state index contributed by atoms with van der Waals surface area (Å²) in [6, 6.07) is 3.38. The second-order valence-electron chi connectivity index (χ2n) is 5.78. The zero-order valence-corrected chi connectivity index (χ0v) is 12.5. The minimum absolute atomic E-state index is 0.0190. The van der Waals surface area contributed by atoms with E-state index < -0.39 is 17.0 Å². The van der Waals surface area contributed by atoms with Crippen molar-refractivity contribution in [1.29, 1.82) is 0 Å². The van der Waals surface area contributed by atoms with E-state index in [-0.39, 0.29) is 11.9 Å². The maximum Gasteiger partial charge on any atom is 0.227 e. The number of hydrogen-bond donors (Lipinski definition) is 2. The fourth-order valence-corrected chi connectivity index (χ4v) is 2.84. The number of nitrogens with one attached hydrogen (secondary N) is 2. The molecule has 1 saturated heterocycles. The molecule has 0 aromatic heterocycles. The van der Waals surface area contributed by atoms with Crippen LogP contribution >= 0.6 is 0 Å². The molecule has 0 radical (unpaired) electrons. The van der Waals surface area contributed by atoms with Crippen LogP contribution in [-0.2, 0) is 4.79 Å². The summed E-state index contributed by atoms with van der Waals surface area (Å²) in [7, 11) is 0. The first kappa shape index (κ1) is 15.9. The van der Waals surface area contributed by atoms with Crippen LogP contribution in [0.25, 0.3) is 0 Å². The number of amides is 1. The van der Waals surface area contributed by atoms with E-state index in [0.717, 1.165) is 37.9 Å². The van der Waals surface area contributed by atoms with Crippen molar-refractivity contribution in [2.75, 3.05) is 13.1 Å². The first-order valence-corrected chi connectivity index (χ1v) is 7.45. The number of carbonyl (C=O) groups excluding carboxylic acids is 1. The van der Waals surface area contributed by atoms with E-state index in [4.69, 9.17) is 0 Å². The normalized spacial score (nSPS) is 23.6. The van der Waals surface area contributed by atoms with Gasteiger partial charge in [-0.3, -0.25) is 4.79 Å². The third kappa shape index (κ3) is 3.40. The zero-order chi connectivity index (χ0) is 15.5. The number of hydrogen-bond acceptors (Lipinski definition) is 2. The highest BCUT2D eigenvalue weighted by Crippen LogP contribution is 2.31. The Kier molecular flexibility index (Phi) is 4.93. The van der Waals surface area contributed by atoms with Gasteiger partial charge in [-0.1, -0.05) is 13.0 Å². The SMILES string of the molecule is CCC1(C(=O)NC(C)c2ccc(F)c(F)c2)CCCNC1. The highest BCUT2D eigenvalue weighted by molar-refractivity contribution is 5.83. The Balaban J connectivity index is 2.08. The van der Waals surface area contributed by atoms with Crippen LogP contribution < -0.4 is 10.6 Å². The van der Waals surface area contributed by atoms with Crippen LogP contribution in [0.4, 0.5) is 8.78 Å². The molecule has 21 heavy (non-hydrogen) atoms. The van der Waals surface area contributed by atoms with Gasteiger partial charge in [0.2, 0.25) is 5.91 Å². The second kappa shape index (κ2) is 6.52. The Labute approximate surface area is 124 Å². The molecule has 1 aromatic carbocycles. The number of halogens is 2. The zero-order valence-electron chi connectivity index (χ0n) is 12.5. The molecule has 5 heteroatoms. The summed E-state index contributed by atoms with van der Waals surface area (Å²) in [6.45, 7) is 5.40. The lowest BCUT2D eigenvalue weighted by Gasteiger charge is -2.36. The van der Waals surface area contributed by atoms with Gasteiger partial charge in [0.05, 0.1) is 11.5 Å². The average molecular weight is 296 g/mol. The molecule has 1 amide bonds. The van der Waals surface area contributed by atoms with Crippen molar-refractivity contribution in [3.8, 4) is 0 Å². The highest BCUT2D eigenvalue weighted by atomic mass is 19.2. The molecule has 1 aromatic rings. The summed E-state index contributed by atoms with van der Waals surface area (Å²) < 4.78 is 26.2. The van der Waals surface area contributed by atoms with Crippen LogP contribution in [0.15, 0.2) is 18.2 Å². The summed E-state index contributed by atoms with van der Waals surface area (Å²) in [5.74, 6) is -1.79. The van der Waals surface area contributed by atoms with Crippen LogP contribution in [0, 0.1) is 17.0 Å². The van der Waals surface area contributed by atoms with E-state index in [1.165, 1.54) is 6.07 Å². The summed E-state index contributed by atoms with van der Waals surface area (Å²) >= 11 is 0. The molecule has 3 nitrogen and oxygen atoms in total. The molecule has 0 saturated carbocycles. The van der Waals surface area contributed by atoms with Crippen LogP contribution in [0.5, 0.6) is 0 Å². The summed E-state index contributed by atoms with van der Waals surface area (Å²) in [5, 5.41) is 6.20. The third-order valence-electron chi connectivity index (χ3n) is 4.42. The van der Waals surface area contributed by atoms with Gasteiger partial charge in [-0.2, -0.15) is 0 Å². The summed E-state index contributed by atoms with van der Waals surface area (Å²) in [6.07, 6.45) is 2.59. The lowest BCUT2D eigenvalue weighted by Crippen LogP contribution is -2.50. The maximum absolute atomic E-state index is 13.3. The quantitative estimate of drug-likeness (QED) is 0.897. The van der Waals surface area contributed by atoms with E-state index in [9.17, 15) is 13.6 Å². The standard InChI is InChI=1S/C16H22F2N2O/c1-3-16(7-4-8-19-10-16)15(21)20-11(2)12-5-6-13(17)14(18)9-12/h5-6,9,11,19H,3-4,7-8,10H2,1-2H3,(H,20,21). The molecular weight excluding hydrogens is 274 g/mol. The van der Waals surface area contributed by atoms with Crippen molar-refractivity contribution < 1.29 is 13.6 Å². The monoisotopic (exact) mass is 296 g/mol. The van der Waals surface area contributed by atoms with Crippen LogP contribution in [0.3, 0.4) is 0 Å². The van der Waals surface area contributed by atoms with E-state index in [0.29, 0.717) is 12.1 Å². The lowest BCUT2D eigenvalue weighted by atomic mass is 9.77. The van der Waals surface area contributed by atoms with Gasteiger partial charge in [-0.05, 0) is 50.4 Å². The molecule has 116 valence electrons. The molecule has 2 atom stereocenters. The molecule has 2 N–H and O–H groups in total. The molecule has 1 aliphatic rings. The van der Waals surface area contributed by atoms with Crippen molar-refractivity contribution in [3.63, 3.8) is 0 Å². The van der Waals surface area contributed by atoms with Gasteiger partial charge < -0.3 is 10.6 Å². The van der Waals surface area contributed by atoms with E-state index in [1.807, 2.05) is 6.92 Å². The maximum atomic E-state index is 13.3. The molecule has 0 spiro atoms. The third-order valence-corrected chi connectivity index (χ3v) is 4.42. The van der Waals surface area contributed by atoms with Gasteiger partial charge in [0.15, 0.2) is 11.6 Å². The van der Waals surface area contributed by atoms with Crippen molar-refractivity contribution in [3.05, 3.63) is 35.4 Å². The largest absolute Gasteiger partial charge is 0.349 e. The smallest absolute Gasteiger partial charge is 0.227 e. The Bertz CT molecular complexity index is 513. The Morgan fingerprint density at radius 2 is 2.19 bits per heavy atom. The van der Waals surface area contributed by atoms with Crippen LogP contribution in [0.1, 0.15) is 44.7 Å². The summed E-state index contributed by atoms with van der Waals surface area (Å²) in [4.78, 5) is 12.6. The molecule has 2 unspecified atom stereocenters. The number of benzene rings is 1. The molecule has 1 fully saturated rings. The predicted octanol–water partition coefficient (Wildman–Crippen LogP) is 2.92. The molecule has 0 bridgehead atoms. The van der Waals surface area contributed by atoms with Gasteiger partial charge in [0, 0.05) is 6.54 Å². The van der Waals surface area contributed by atoms with Gasteiger partial charge in [-0.25, -0.2) is 8.78 Å². The van der Waals surface area contributed by atoms with E-state index in [2.05, 4.69) is 10.6 Å². The van der Waals surface area contributed by atoms with Gasteiger partial charge in [0.25, 0.3) is 0 Å². The number of rotatable bonds is 4. The Morgan fingerprint density at radius 1 is 1.43 bits per heavy atom. The van der Waals surface area contributed by atoms with E-state index >= 15 is 0 Å². The molecular formula is C16H22F2N2O. The Morgan fingerprint density at radius 3 is 2.76 bits per heavy atom. The van der Waals surface area contributed by atoms with Crippen LogP contribution in [0.2, 0.25) is 0 Å². The fraction of sp³-hybridized carbons (Fsp3) is 0.562. The van der Waals surface area contributed by atoms with Crippen molar-refractivity contribution >= 4 is 5.91 Å². The van der Waals surface area contributed by atoms with Gasteiger partial charge in [0.1, 0.15) is 0 Å². The molecule has 2 rings (SSSR count). The lowest BCUT2D eigenvalue weighted by molar-refractivity contribution is -0.133. The minimum Gasteiger partial charge on any atom is -0.349 e. The van der Waals surface area contributed by atoms with Crippen LogP contribution in [-0.4, -0.2) is 19.0 Å². The first-order chi connectivity index (χ1) is 9.98. The average Bonchev–Trinajstić information content (AvgIpc) is 2.50. The Hall–Kier alpha value is -1.49. The highest BCUT2D eigenvalue weighted by Gasteiger charge is 2.38. The van der Waals surface area contributed by atoms with E-state index in [1.54, 1.807) is 6.92 Å². The minimum atomic E-state index is -0.891. The van der Waals surface area contributed by atoms with Crippen molar-refractivity contribution in [2.24, 2.45) is 5.41 Å². The predicted molar refractivity (Wildman–Crippen MR) is 77.7 cm³/mol. The molecule has 1 heterocycles. The molecule has 0 aliphatic carbocycles. The summed E-state index contributed by atoms with van der Waals surface area (Å²) in [5.41, 5.74) is 0.169. The first-order valence-electron chi connectivity index (χ1n) is 7.45. The topological polar surface area (TPSA) is 41.1 Å². The molecule has 1 aliphatic heterocycles. The second-order valence-corrected chi connectivity index (χ2v) is 5.78. The number of carbonyl (C=O) groups is 1. The van der Waals surface area contributed by atoms with Crippen molar-refractivity contribution in [1.82, 2.24) is 10.6 Å². The van der Waals surface area contributed by atoms with Gasteiger partial charge >= 0.3 is 0 Å².